The summed E-state index contributed by atoms with van der Waals surface area (Å²) >= 11 is 0. The Hall–Kier alpha value is -3.70. The highest BCUT2D eigenvalue weighted by Gasteiger charge is 2.19. The maximum atomic E-state index is 12.1. The summed E-state index contributed by atoms with van der Waals surface area (Å²) < 4.78 is 0. The fourth-order valence-electron chi connectivity index (χ4n) is 1.96. The van der Waals surface area contributed by atoms with Gasteiger partial charge in [0.1, 0.15) is 23.2 Å². The first-order chi connectivity index (χ1) is 11.9. The van der Waals surface area contributed by atoms with Crippen molar-refractivity contribution in [3.05, 3.63) is 17.7 Å². The SMILES string of the molecule is CC1=NN=C(C(=O)Nc2nc(N)cc(NC(=O)c3n[nH]c(C)n3)n2)C1. The number of aromatic amines is 1. The molecule has 3 rings (SSSR count). The minimum atomic E-state index is -0.580. The second-order valence-electron chi connectivity index (χ2n) is 5.21. The average molecular weight is 342 g/mol. The second kappa shape index (κ2) is 6.43. The number of hydrogen-bond acceptors (Lipinski definition) is 9. The number of rotatable bonds is 4. The lowest BCUT2D eigenvalue weighted by atomic mass is 10.2. The van der Waals surface area contributed by atoms with Gasteiger partial charge in [-0.25, -0.2) is 4.98 Å². The van der Waals surface area contributed by atoms with Crippen LogP contribution >= 0.6 is 0 Å². The Morgan fingerprint density at radius 1 is 1.12 bits per heavy atom. The molecule has 0 saturated heterocycles. The van der Waals surface area contributed by atoms with Gasteiger partial charge in [-0.15, -0.1) is 10.2 Å². The van der Waals surface area contributed by atoms with Gasteiger partial charge in [0.25, 0.3) is 11.8 Å². The van der Waals surface area contributed by atoms with Crippen molar-refractivity contribution in [2.45, 2.75) is 20.3 Å². The van der Waals surface area contributed by atoms with Crippen molar-refractivity contribution >= 4 is 40.8 Å². The van der Waals surface area contributed by atoms with Gasteiger partial charge in [-0.2, -0.15) is 15.1 Å². The van der Waals surface area contributed by atoms with E-state index < -0.39 is 11.8 Å². The quantitative estimate of drug-likeness (QED) is 0.599. The fraction of sp³-hybridized carbons (Fsp3) is 0.231. The highest BCUT2D eigenvalue weighted by Crippen LogP contribution is 2.13. The molecule has 128 valence electrons. The molecule has 0 saturated carbocycles. The van der Waals surface area contributed by atoms with Crippen LogP contribution in [0.3, 0.4) is 0 Å². The predicted octanol–water partition coefficient (Wildman–Crippen LogP) is -0.103. The van der Waals surface area contributed by atoms with Crippen LogP contribution in [-0.2, 0) is 4.79 Å². The fourth-order valence-corrected chi connectivity index (χ4v) is 1.96. The highest BCUT2D eigenvalue weighted by atomic mass is 16.2. The third-order valence-corrected chi connectivity index (χ3v) is 3.04. The number of nitrogens with one attached hydrogen (secondary N) is 3. The summed E-state index contributed by atoms with van der Waals surface area (Å²) in [4.78, 5) is 36.0. The topological polar surface area (TPSA) is 176 Å². The Balaban J connectivity index is 1.72. The van der Waals surface area contributed by atoms with Crippen LogP contribution in [0.25, 0.3) is 0 Å². The molecule has 0 bridgehead atoms. The van der Waals surface area contributed by atoms with Crippen molar-refractivity contribution in [1.29, 1.82) is 0 Å². The number of hydrogen-bond donors (Lipinski definition) is 4. The molecule has 0 aliphatic carbocycles. The third-order valence-electron chi connectivity index (χ3n) is 3.04. The van der Waals surface area contributed by atoms with E-state index in [1.807, 2.05) is 0 Å². The van der Waals surface area contributed by atoms with Crippen LogP contribution in [0.15, 0.2) is 16.3 Å². The first-order valence-electron chi connectivity index (χ1n) is 7.17. The minimum absolute atomic E-state index is 0.0480. The molecule has 0 unspecified atom stereocenters. The standard InChI is InChI=1S/C13H14N10O2/c1-5-3-7(22-20-5)11(24)19-13-16-8(14)4-9(18-13)17-12(25)10-15-6(2)21-23-10/h4H,3H2,1-2H3,(H,15,21,23)(H4,14,16,17,18,19,24,25). The van der Waals surface area contributed by atoms with Crippen molar-refractivity contribution in [2.24, 2.45) is 10.2 Å². The number of carbonyl (C=O) groups excluding carboxylic acids is 2. The first kappa shape index (κ1) is 16.2. The van der Waals surface area contributed by atoms with Gasteiger partial charge >= 0.3 is 0 Å². The van der Waals surface area contributed by atoms with E-state index in [4.69, 9.17) is 5.73 Å². The summed E-state index contributed by atoms with van der Waals surface area (Å²) in [6, 6.07) is 1.34. The molecule has 3 heterocycles. The van der Waals surface area contributed by atoms with E-state index in [2.05, 4.69) is 46.0 Å². The normalized spacial score (nSPS) is 13.2. The maximum Gasteiger partial charge on any atom is 0.296 e. The van der Waals surface area contributed by atoms with E-state index in [1.165, 1.54) is 6.07 Å². The molecule has 5 N–H and O–H groups in total. The molecule has 0 fully saturated rings. The molecule has 0 atom stereocenters. The number of nitrogen functional groups attached to an aromatic ring is 1. The van der Waals surface area contributed by atoms with Crippen molar-refractivity contribution in [1.82, 2.24) is 25.1 Å². The monoisotopic (exact) mass is 342 g/mol. The van der Waals surface area contributed by atoms with Gasteiger partial charge in [0.2, 0.25) is 11.8 Å². The molecule has 25 heavy (non-hydrogen) atoms. The van der Waals surface area contributed by atoms with Crippen LogP contribution < -0.4 is 16.4 Å². The van der Waals surface area contributed by atoms with Gasteiger partial charge in [0.05, 0.1) is 0 Å². The average Bonchev–Trinajstić information content (AvgIpc) is 3.15. The predicted molar refractivity (Wildman–Crippen MR) is 89.3 cm³/mol. The van der Waals surface area contributed by atoms with Gasteiger partial charge in [-0.3, -0.25) is 20.0 Å². The lowest BCUT2D eigenvalue weighted by Crippen LogP contribution is -2.24. The van der Waals surface area contributed by atoms with Crippen molar-refractivity contribution < 1.29 is 9.59 Å². The van der Waals surface area contributed by atoms with E-state index in [1.54, 1.807) is 13.8 Å². The Bertz CT molecular complexity index is 913. The Morgan fingerprint density at radius 2 is 1.92 bits per heavy atom. The van der Waals surface area contributed by atoms with Gasteiger partial charge in [0, 0.05) is 18.2 Å². The van der Waals surface area contributed by atoms with E-state index in [9.17, 15) is 9.59 Å². The molecule has 1 aliphatic heterocycles. The van der Waals surface area contributed by atoms with Gasteiger partial charge in [-0.1, -0.05) is 0 Å². The molecule has 0 spiro atoms. The number of carbonyl (C=O) groups is 2. The number of aromatic nitrogens is 5. The smallest absolute Gasteiger partial charge is 0.296 e. The van der Waals surface area contributed by atoms with E-state index in [0.717, 1.165) is 5.71 Å². The Kier molecular flexibility index (Phi) is 4.16. The zero-order valence-electron chi connectivity index (χ0n) is 13.4. The lowest BCUT2D eigenvalue weighted by Gasteiger charge is -2.07. The van der Waals surface area contributed by atoms with Gasteiger partial charge in [0.15, 0.2) is 0 Å². The zero-order valence-corrected chi connectivity index (χ0v) is 13.4. The molecule has 0 aromatic carbocycles. The van der Waals surface area contributed by atoms with Crippen LogP contribution in [0.1, 0.15) is 29.8 Å². The summed E-state index contributed by atoms with van der Waals surface area (Å²) in [5.41, 5.74) is 6.66. The molecule has 0 radical (unpaired) electrons. The summed E-state index contributed by atoms with van der Waals surface area (Å²) in [6.45, 7) is 3.43. The number of aryl methyl sites for hydroxylation is 1. The Morgan fingerprint density at radius 3 is 2.56 bits per heavy atom. The highest BCUT2D eigenvalue weighted by molar-refractivity contribution is 6.46. The zero-order chi connectivity index (χ0) is 18.0. The van der Waals surface area contributed by atoms with Crippen molar-refractivity contribution in [3.63, 3.8) is 0 Å². The van der Waals surface area contributed by atoms with Crippen LogP contribution in [0.4, 0.5) is 17.6 Å². The van der Waals surface area contributed by atoms with Crippen LogP contribution in [0, 0.1) is 6.92 Å². The number of nitrogens with two attached hydrogens (primary N) is 1. The second-order valence-corrected chi connectivity index (χ2v) is 5.21. The molecule has 2 aromatic heterocycles. The summed E-state index contributed by atoms with van der Waals surface area (Å²) in [7, 11) is 0. The number of nitrogens with zero attached hydrogens (tertiary/aromatic N) is 6. The van der Waals surface area contributed by atoms with Crippen molar-refractivity contribution in [3.8, 4) is 0 Å². The number of H-pyrrole nitrogens is 1. The largest absolute Gasteiger partial charge is 0.383 e. The molecule has 1 aliphatic rings. The summed E-state index contributed by atoms with van der Waals surface area (Å²) in [5, 5.41) is 18.8. The Labute approximate surface area is 141 Å². The van der Waals surface area contributed by atoms with E-state index in [-0.39, 0.29) is 29.1 Å². The number of anilines is 3. The van der Waals surface area contributed by atoms with Crippen LogP contribution in [0.2, 0.25) is 0 Å². The minimum Gasteiger partial charge on any atom is -0.383 e. The van der Waals surface area contributed by atoms with Gasteiger partial charge < -0.3 is 11.1 Å². The molecule has 2 amide bonds. The maximum absolute atomic E-state index is 12.1. The molecular weight excluding hydrogens is 328 g/mol. The van der Waals surface area contributed by atoms with Crippen LogP contribution in [-0.4, -0.2) is 48.4 Å². The lowest BCUT2D eigenvalue weighted by molar-refractivity contribution is -0.110. The molecule has 12 heteroatoms. The first-order valence-corrected chi connectivity index (χ1v) is 7.17. The number of amides is 2. The van der Waals surface area contributed by atoms with E-state index in [0.29, 0.717) is 12.2 Å². The van der Waals surface area contributed by atoms with Crippen molar-refractivity contribution in [2.75, 3.05) is 16.4 Å². The summed E-state index contributed by atoms with van der Waals surface area (Å²) in [6.07, 6.45) is 0.349. The molecule has 12 nitrogen and oxygen atoms in total. The molecular formula is C13H14N10O2. The molecule has 2 aromatic rings. The summed E-state index contributed by atoms with van der Waals surface area (Å²) in [5.74, 6) is -0.539. The van der Waals surface area contributed by atoms with Gasteiger partial charge in [-0.05, 0) is 13.8 Å². The van der Waals surface area contributed by atoms with E-state index >= 15 is 0 Å². The van der Waals surface area contributed by atoms with Crippen LogP contribution in [0.5, 0.6) is 0 Å². The third kappa shape index (κ3) is 3.80.